The molecule has 11 nitrogen and oxygen atoms in total. The first-order chi connectivity index (χ1) is 16.8. The van der Waals surface area contributed by atoms with Crippen LogP contribution in [0.2, 0.25) is 0 Å². The lowest BCUT2D eigenvalue weighted by Crippen LogP contribution is -2.42. The van der Waals surface area contributed by atoms with E-state index in [9.17, 15) is 8.42 Å². The molecule has 4 rings (SSSR count). The molecule has 2 aromatic heterocycles. The molecule has 0 bridgehead atoms. The van der Waals surface area contributed by atoms with Gasteiger partial charge in [-0.15, -0.1) is 10.2 Å². The van der Waals surface area contributed by atoms with Crippen LogP contribution in [-0.2, 0) is 24.2 Å². The first-order valence-corrected chi connectivity index (χ1v) is 13.7. The Labute approximate surface area is 207 Å². The van der Waals surface area contributed by atoms with Crippen molar-refractivity contribution >= 4 is 16.0 Å². The van der Waals surface area contributed by atoms with Crippen LogP contribution in [0.1, 0.15) is 81.2 Å². The first kappa shape index (κ1) is 25.9. The molecule has 6 atom stereocenters. The molecule has 1 saturated carbocycles. The van der Waals surface area contributed by atoms with Crippen LogP contribution in [0.15, 0.2) is 12.4 Å². The number of hydrogen-bond donors (Lipinski definition) is 1. The maximum absolute atomic E-state index is 13.5. The third-order valence-electron chi connectivity index (χ3n) is 7.22. The van der Waals surface area contributed by atoms with Crippen LogP contribution < -0.4 is 4.72 Å². The average Bonchev–Trinajstić information content (AvgIpc) is 3.52. The van der Waals surface area contributed by atoms with Crippen LogP contribution in [0.4, 0.5) is 5.95 Å². The van der Waals surface area contributed by atoms with Crippen molar-refractivity contribution in [2.24, 2.45) is 0 Å². The van der Waals surface area contributed by atoms with Gasteiger partial charge < -0.3 is 14.2 Å². The minimum Gasteiger partial charge on any atom is -0.379 e. The molecule has 0 amide bonds. The number of aromatic nitrogens is 5. The Hall–Kier alpha value is -2.15. The average molecular weight is 509 g/mol. The second-order valence-corrected chi connectivity index (χ2v) is 11.5. The topological polar surface area (TPSA) is 130 Å². The Morgan fingerprint density at radius 3 is 2.29 bits per heavy atom. The minimum atomic E-state index is -3.87. The van der Waals surface area contributed by atoms with Gasteiger partial charge in [0.05, 0.1) is 23.5 Å². The molecule has 2 fully saturated rings. The SMILES string of the molecule is CO[C@H]1CCC[C@@H](OC)C1n1c(NS(=O)(=O)[C@@H](C)[C@H](C)c2ncc(C)cn2)nnc1[C@@H]1CCCO1. The van der Waals surface area contributed by atoms with E-state index >= 15 is 0 Å². The summed E-state index contributed by atoms with van der Waals surface area (Å²) in [7, 11) is -0.531. The van der Waals surface area contributed by atoms with Gasteiger partial charge in [0.2, 0.25) is 16.0 Å². The molecule has 0 radical (unpaired) electrons. The Balaban J connectivity index is 1.69. The van der Waals surface area contributed by atoms with E-state index in [4.69, 9.17) is 14.2 Å². The maximum Gasteiger partial charge on any atom is 0.238 e. The van der Waals surface area contributed by atoms with E-state index in [0.29, 0.717) is 18.3 Å². The van der Waals surface area contributed by atoms with Crippen molar-refractivity contribution < 1.29 is 22.6 Å². The number of nitrogens with one attached hydrogen (secondary N) is 1. The summed E-state index contributed by atoms with van der Waals surface area (Å²) in [5.74, 6) is 0.783. The Morgan fingerprint density at radius 1 is 1.06 bits per heavy atom. The van der Waals surface area contributed by atoms with E-state index < -0.39 is 21.2 Å². The molecule has 3 heterocycles. The standard InChI is InChI=1S/C23H36N6O5S/c1-14-12-24-21(25-13-14)15(2)16(3)35(30,31)28-23-27-26-22(19-10-7-11-34-19)29(23)20-17(32-4)8-6-9-18(20)33-5/h12-13,15-20H,6-11H2,1-5H3,(H,27,28)/t15-,16-,17-,18+,19-,20?/m0/s1. The molecule has 194 valence electrons. The Bertz CT molecular complexity index is 1070. The monoisotopic (exact) mass is 508 g/mol. The van der Waals surface area contributed by atoms with E-state index in [1.165, 1.54) is 0 Å². The summed E-state index contributed by atoms with van der Waals surface area (Å²) in [4.78, 5) is 8.65. The van der Waals surface area contributed by atoms with Gasteiger partial charge in [-0.1, -0.05) is 6.92 Å². The maximum atomic E-state index is 13.5. The zero-order valence-corrected chi connectivity index (χ0v) is 21.9. The summed E-state index contributed by atoms with van der Waals surface area (Å²) in [5.41, 5.74) is 0.914. The Morgan fingerprint density at radius 2 is 1.71 bits per heavy atom. The third kappa shape index (κ3) is 5.35. The van der Waals surface area contributed by atoms with Crippen LogP contribution in [0.5, 0.6) is 0 Å². The largest absolute Gasteiger partial charge is 0.379 e. The van der Waals surface area contributed by atoms with Crippen molar-refractivity contribution in [3.05, 3.63) is 29.6 Å². The molecule has 1 unspecified atom stereocenters. The van der Waals surface area contributed by atoms with E-state index in [-0.39, 0.29) is 30.3 Å². The number of anilines is 1. The smallest absolute Gasteiger partial charge is 0.238 e. The highest BCUT2D eigenvalue weighted by Crippen LogP contribution is 2.39. The molecule has 35 heavy (non-hydrogen) atoms. The van der Waals surface area contributed by atoms with Crippen molar-refractivity contribution in [3.8, 4) is 0 Å². The second kappa shape index (κ2) is 10.9. The van der Waals surface area contributed by atoms with Crippen LogP contribution in [0.3, 0.4) is 0 Å². The molecule has 1 saturated heterocycles. The fraction of sp³-hybridized carbons (Fsp3) is 0.739. The number of ether oxygens (including phenoxy) is 3. The molecule has 0 spiro atoms. The van der Waals surface area contributed by atoms with Gasteiger partial charge in [0, 0.05) is 39.1 Å². The first-order valence-electron chi connectivity index (χ1n) is 12.2. The van der Waals surface area contributed by atoms with E-state index in [0.717, 1.165) is 37.7 Å². The molecule has 1 aliphatic carbocycles. The minimum absolute atomic E-state index is 0.148. The Kier molecular flexibility index (Phi) is 8.04. The van der Waals surface area contributed by atoms with Gasteiger partial charge in [0.15, 0.2) is 5.82 Å². The number of methoxy groups -OCH3 is 2. The lowest BCUT2D eigenvalue weighted by molar-refractivity contribution is -0.0580. The molecular formula is C23H36N6O5S. The normalized spacial score (nSPS) is 27.0. The molecule has 1 N–H and O–H groups in total. The lowest BCUT2D eigenvalue weighted by Gasteiger charge is -2.38. The van der Waals surface area contributed by atoms with Gasteiger partial charge in [-0.25, -0.2) is 18.4 Å². The molecule has 2 aliphatic rings. The molecule has 0 aromatic carbocycles. The fourth-order valence-electron chi connectivity index (χ4n) is 4.95. The quantitative estimate of drug-likeness (QED) is 0.543. The highest BCUT2D eigenvalue weighted by Gasteiger charge is 2.41. The van der Waals surface area contributed by atoms with Crippen LogP contribution in [0.25, 0.3) is 0 Å². The molecule has 2 aromatic rings. The van der Waals surface area contributed by atoms with E-state index in [2.05, 4.69) is 24.9 Å². The summed E-state index contributed by atoms with van der Waals surface area (Å²) >= 11 is 0. The predicted molar refractivity (Wildman–Crippen MR) is 130 cm³/mol. The fourth-order valence-corrected chi connectivity index (χ4v) is 6.19. The number of nitrogens with zero attached hydrogens (tertiary/aromatic N) is 5. The number of rotatable bonds is 9. The van der Waals surface area contributed by atoms with Crippen LogP contribution in [0, 0.1) is 6.92 Å². The van der Waals surface area contributed by atoms with Crippen molar-refractivity contribution in [2.75, 3.05) is 25.5 Å². The summed E-state index contributed by atoms with van der Waals surface area (Å²) in [5, 5.41) is 7.86. The highest BCUT2D eigenvalue weighted by molar-refractivity contribution is 7.93. The van der Waals surface area contributed by atoms with E-state index in [1.807, 2.05) is 11.5 Å². The summed E-state index contributed by atoms with van der Waals surface area (Å²) < 4.78 is 49.1. The number of aryl methyl sites for hydroxylation is 1. The van der Waals surface area contributed by atoms with Gasteiger partial charge in [0.25, 0.3) is 0 Å². The lowest BCUT2D eigenvalue weighted by atomic mass is 9.89. The molecule has 12 heteroatoms. The zero-order valence-electron chi connectivity index (χ0n) is 21.0. The highest BCUT2D eigenvalue weighted by atomic mass is 32.2. The van der Waals surface area contributed by atoms with Gasteiger partial charge in [-0.3, -0.25) is 9.29 Å². The van der Waals surface area contributed by atoms with Gasteiger partial charge in [-0.2, -0.15) is 0 Å². The number of sulfonamides is 1. The second-order valence-electron chi connectivity index (χ2n) is 9.48. The molecule has 1 aliphatic heterocycles. The predicted octanol–water partition coefficient (Wildman–Crippen LogP) is 2.92. The van der Waals surface area contributed by atoms with Gasteiger partial charge in [0.1, 0.15) is 11.9 Å². The van der Waals surface area contributed by atoms with Crippen LogP contribution in [-0.4, -0.2) is 71.4 Å². The van der Waals surface area contributed by atoms with Gasteiger partial charge in [-0.05, 0) is 51.5 Å². The van der Waals surface area contributed by atoms with Crippen LogP contribution >= 0.6 is 0 Å². The van der Waals surface area contributed by atoms with Gasteiger partial charge >= 0.3 is 0 Å². The number of hydrogen-bond acceptors (Lipinski definition) is 9. The summed E-state index contributed by atoms with van der Waals surface area (Å²) in [6.07, 6.45) is 7.09. The third-order valence-corrected chi connectivity index (χ3v) is 9.07. The van der Waals surface area contributed by atoms with Crippen molar-refractivity contribution in [1.82, 2.24) is 24.7 Å². The van der Waals surface area contributed by atoms with E-state index in [1.54, 1.807) is 40.5 Å². The summed E-state index contributed by atoms with van der Waals surface area (Å²) in [6.45, 7) is 5.98. The molecular weight excluding hydrogens is 472 g/mol. The van der Waals surface area contributed by atoms with Crippen molar-refractivity contribution in [3.63, 3.8) is 0 Å². The zero-order chi connectivity index (χ0) is 25.2. The van der Waals surface area contributed by atoms with Crippen molar-refractivity contribution in [2.45, 2.75) is 88.4 Å². The summed E-state index contributed by atoms with van der Waals surface area (Å²) in [6, 6.07) is -0.293. The van der Waals surface area contributed by atoms with Crippen molar-refractivity contribution in [1.29, 1.82) is 0 Å².